The van der Waals surface area contributed by atoms with Gasteiger partial charge in [0.15, 0.2) is 0 Å². The highest BCUT2D eigenvalue weighted by molar-refractivity contribution is 5.85. The smallest absolute Gasteiger partial charge is 0.387 e. The number of benzene rings is 1. The van der Waals surface area contributed by atoms with Gasteiger partial charge in [0.05, 0.1) is 6.04 Å². The molecule has 1 fully saturated rings. The van der Waals surface area contributed by atoms with Gasteiger partial charge in [0.1, 0.15) is 12.4 Å². The maximum absolute atomic E-state index is 13.3. The summed E-state index contributed by atoms with van der Waals surface area (Å²) < 4.78 is 42.0. The highest BCUT2D eigenvalue weighted by Gasteiger charge is 2.22. The van der Waals surface area contributed by atoms with Crippen molar-refractivity contribution in [2.45, 2.75) is 12.7 Å². The average molecular weight is 347 g/mol. The van der Waals surface area contributed by atoms with E-state index in [2.05, 4.69) is 10.1 Å². The Morgan fingerprint density at radius 3 is 2.43 bits per heavy atom. The number of hydrogen-bond donors (Lipinski definition) is 1. The van der Waals surface area contributed by atoms with Crippen molar-refractivity contribution in [1.82, 2.24) is 10.2 Å². The second-order valence-electron chi connectivity index (χ2n) is 4.41. The van der Waals surface area contributed by atoms with Crippen LogP contribution in [-0.2, 0) is 0 Å². The van der Waals surface area contributed by atoms with Crippen molar-refractivity contribution in [2.24, 2.45) is 0 Å². The summed E-state index contributed by atoms with van der Waals surface area (Å²) in [5.41, 5.74) is 0.669. The first kappa shape index (κ1) is 20.3. The molecule has 1 atom stereocenters. The molecule has 0 saturated carbocycles. The molecule has 0 aromatic heterocycles. The molecule has 0 aliphatic carbocycles. The van der Waals surface area contributed by atoms with Crippen LogP contribution in [0.25, 0.3) is 0 Å². The molecular formula is C13H19Cl2F3N2O. The summed E-state index contributed by atoms with van der Waals surface area (Å²) in [6.45, 7) is -0.299. The molecule has 0 spiro atoms. The summed E-state index contributed by atoms with van der Waals surface area (Å²) in [5, 5.41) is 3.19. The zero-order valence-electron chi connectivity index (χ0n) is 11.3. The molecule has 1 N–H and O–H groups in total. The van der Waals surface area contributed by atoms with E-state index in [1.807, 2.05) is 4.90 Å². The lowest BCUT2D eigenvalue weighted by atomic mass is 10.1. The van der Waals surface area contributed by atoms with Crippen LogP contribution in [-0.4, -0.2) is 44.4 Å². The lowest BCUT2D eigenvalue weighted by Gasteiger charge is -2.33. The van der Waals surface area contributed by atoms with Gasteiger partial charge in [0.2, 0.25) is 0 Å². The number of hydrogen-bond acceptors (Lipinski definition) is 3. The lowest BCUT2D eigenvalue weighted by molar-refractivity contribution is -0.0499. The van der Waals surface area contributed by atoms with Gasteiger partial charge in [0, 0.05) is 26.2 Å². The minimum atomic E-state index is -2.86. The van der Waals surface area contributed by atoms with Crippen LogP contribution in [0.5, 0.6) is 5.75 Å². The Bertz CT molecular complexity index is 407. The van der Waals surface area contributed by atoms with Gasteiger partial charge in [-0.25, -0.2) is 4.39 Å². The predicted molar refractivity (Wildman–Crippen MR) is 80.7 cm³/mol. The second kappa shape index (κ2) is 10.1. The van der Waals surface area contributed by atoms with E-state index in [0.29, 0.717) is 5.56 Å². The van der Waals surface area contributed by atoms with Crippen molar-refractivity contribution < 1.29 is 17.9 Å². The molecule has 8 heteroatoms. The summed E-state index contributed by atoms with van der Waals surface area (Å²) >= 11 is 0. The average Bonchev–Trinajstić information content (AvgIpc) is 2.40. The minimum absolute atomic E-state index is 0. The zero-order chi connectivity index (χ0) is 13.7. The van der Waals surface area contributed by atoms with Crippen molar-refractivity contribution in [3.05, 3.63) is 29.8 Å². The number of nitrogens with zero attached hydrogens (tertiary/aromatic N) is 1. The first-order valence-electron chi connectivity index (χ1n) is 6.26. The van der Waals surface area contributed by atoms with Gasteiger partial charge in [-0.1, -0.05) is 12.1 Å². The largest absolute Gasteiger partial charge is 0.435 e. The molecule has 2 rings (SSSR count). The molecular weight excluding hydrogens is 328 g/mol. The number of rotatable bonds is 5. The maximum atomic E-state index is 13.3. The third-order valence-corrected chi connectivity index (χ3v) is 3.21. The molecule has 1 aliphatic heterocycles. The van der Waals surface area contributed by atoms with E-state index >= 15 is 0 Å². The minimum Gasteiger partial charge on any atom is -0.435 e. The number of alkyl halides is 3. The van der Waals surface area contributed by atoms with E-state index in [-0.39, 0.29) is 30.6 Å². The number of ether oxygens (including phenoxy) is 1. The van der Waals surface area contributed by atoms with Gasteiger partial charge >= 0.3 is 6.61 Å². The summed E-state index contributed by atoms with van der Waals surface area (Å²) in [6.07, 6.45) is 0. The second-order valence-corrected chi connectivity index (χ2v) is 4.41. The van der Waals surface area contributed by atoms with Crippen molar-refractivity contribution in [3.63, 3.8) is 0 Å². The Labute approximate surface area is 134 Å². The van der Waals surface area contributed by atoms with Crippen molar-refractivity contribution in [2.75, 3.05) is 32.9 Å². The highest BCUT2D eigenvalue weighted by Crippen LogP contribution is 2.25. The third-order valence-electron chi connectivity index (χ3n) is 3.21. The molecule has 1 aromatic rings. The van der Waals surface area contributed by atoms with Crippen LogP contribution in [0.4, 0.5) is 13.2 Å². The van der Waals surface area contributed by atoms with E-state index in [4.69, 9.17) is 0 Å². The number of piperazine rings is 1. The summed E-state index contributed by atoms with van der Waals surface area (Å²) in [4.78, 5) is 2.01. The fourth-order valence-corrected chi connectivity index (χ4v) is 2.29. The van der Waals surface area contributed by atoms with E-state index < -0.39 is 19.3 Å². The lowest BCUT2D eigenvalue weighted by Crippen LogP contribution is -2.45. The maximum Gasteiger partial charge on any atom is 0.387 e. The van der Waals surface area contributed by atoms with Crippen LogP contribution in [0.2, 0.25) is 0 Å². The van der Waals surface area contributed by atoms with Crippen molar-refractivity contribution in [3.8, 4) is 5.75 Å². The van der Waals surface area contributed by atoms with E-state index in [1.165, 1.54) is 12.1 Å². The molecule has 0 bridgehead atoms. The van der Waals surface area contributed by atoms with E-state index in [1.54, 1.807) is 12.1 Å². The first-order chi connectivity index (χ1) is 9.20. The predicted octanol–water partition coefficient (Wildman–Crippen LogP) is 3.05. The van der Waals surface area contributed by atoms with E-state index in [0.717, 1.165) is 26.2 Å². The molecule has 1 aliphatic rings. The van der Waals surface area contributed by atoms with Crippen molar-refractivity contribution >= 4 is 24.8 Å². The third kappa shape index (κ3) is 5.90. The quantitative estimate of drug-likeness (QED) is 0.886. The molecule has 1 saturated heterocycles. The Balaban J connectivity index is 0.00000200. The van der Waals surface area contributed by atoms with Gasteiger partial charge in [0.25, 0.3) is 0 Å². The van der Waals surface area contributed by atoms with Crippen LogP contribution in [0.1, 0.15) is 11.6 Å². The highest BCUT2D eigenvalue weighted by atomic mass is 35.5. The molecule has 0 radical (unpaired) electrons. The fourth-order valence-electron chi connectivity index (χ4n) is 2.29. The van der Waals surface area contributed by atoms with Crippen LogP contribution in [0.15, 0.2) is 24.3 Å². The Hall–Kier alpha value is -0.690. The first-order valence-corrected chi connectivity index (χ1v) is 6.26. The van der Waals surface area contributed by atoms with Crippen LogP contribution in [0, 0.1) is 0 Å². The Morgan fingerprint density at radius 1 is 1.19 bits per heavy atom. The molecule has 122 valence electrons. The van der Waals surface area contributed by atoms with Gasteiger partial charge in [-0.3, -0.25) is 4.90 Å². The molecule has 21 heavy (non-hydrogen) atoms. The fraction of sp³-hybridized carbons (Fsp3) is 0.538. The van der Waals surface area contributed by atoms with Crippen molar-refractivity contribution in [1.29, 1.82) is 0 Å². The van der Waals surface area contributed by atoms with Crippen LogP contribution in [0.3, 0.4) is 0 Å². The van der Waals surface area contributed by atoms with Gasteiger partial charge in [-0.05, 0) is 17.7 Å². The Kier molecular flexibility index (Phi) is 9.77. The summed E-state index contributed by atoms with van der Waals surface area (Å²) in [5.74, 6) is 0.0704. The van der Waals surface area contributed by atoms with Gasteiger partial charge in [-0.2, -0.15) is 8.78 Å². The summed E-state index contributed by atoms with van der Waals surface area (Å²) in [7, 11) is 0. The van der Waals surface area contributed by atoms with Gasteiger partial charge in [-0.15, -0.1) is 24.8 Å². The Morgan fingerprint density at radius 2 is 1.86 bits per heavy atom. The monoisotopic (exact) mass is 346 g/mol. The van der Waals surface area contributed by atoms with E-state index in [9.17, 15) is 13.2 Å². The topological polar surface area (TPSA) is 24.5 Å². The molecule has 1 aromatic carbocycles. The number of halogens is 5. The zero-order valence-corrected chi connectivity index (χ0v) is 12.9. The molecule has 3 nitrogen and oxygen atoms in total. The van der Waals surface area contributed by atoms with Gasteiger partial charge < -0.3 is 10.1 Å². The molecule has 1 heterocycles. The van der Waals surface area contributed by atoms with Crippen LogP contribution >= 0.6 is 24.8 Å². The molecule has 0 amide bonds. The number of nitrogens with one attached hydrogen (secondary N) is 1. The SMILES string of the molecule is Cl.Cl.FC[C@@H](c1cccc(OC(F)F)c1)N1CCNCC1. The summed E-state index contributed by atoms with van der Waals surface area (Å²) in [6, 6.07) is 5.88. The molecule has 0 unspecified atom stereocenters. The normalized spacial score (nSPS) is 16.8. The van der Waals surface area contributed by atoms with Crippen LogP contribution < -0.4 is 10.1 Å². The standard InChI is InChI=1S/C13H17F3N2O.2ClH/c14-9-12(18-6-4-17-5-7-18)10-2-1-3-11(8-10)19-13(15)16;;/h1-3,8,12-13,17H,4-7,9H2;2*1H/t12-;;/m0../s1.